The molecule has 2 N–H and O–H groups in total. The summed E-state index contributed by atoms with van der Waals surface area (Å²) in [6.45, 7) is 0.834. The van der Waals surface area contributed by atoms with Crippen molar-refractivity contribution in [2.24, 2.45) is 0 Å². The molecule has 3 rings (SSSR count). The van der Waals surface area contributed by atoms with E-state index in [2.05, 4.69) is 0 Å². The van der Waals surface area contributed by atoms with Crippen molar-refractivity contribution >= 4 is 23.4 Å². The Morgan fingerprint density at radius 3 is 2.06 bits per heavy atom. The van der Waals surface area contributed by atoms with Crippen molar-refractivity contribution in [3.8, 4) is 11.5 Å². The zero-order chi connectivity index (χ0) is 22.9. The van der Waals surface area contributed by atoms with Gasteiger partial charge in [-0.25, -0.2) is 4.79 Å². The van der Waals surface area contributed by atoms with Gasteiger partial charge in [0.15, 0.2) is 11.9 Å². The summed E-state index contributed by atoms with van der Waals surface area (Å²) in [5.74, 6) is -0.113. The first-order valence-corrected chi connectivity index (χ1v) is 10.5. The van der Waals surface area contributed by atoms with E-state index in [1.54, 1.807) is 54.6 Å². The molecule has 0 aliphatic carbocycles. The molecule has 6 nitrogen and oxygen atoms in total. The van der Waals surface area contributed by atoms with Crippen LogP contribution in [-0.4, -0.2) is 41.3 Å². The van der Waals surface area contributed by atoms with Gasteiger partial charge in [-0.15, -0.1) is 0 Å². The molecule has 1 atom stereocenters. The fourth-order valence-corrected chi connectivity index (χ4v) is 3.22. The first-order chi connectivity index (χ1) is 15.4. The fourth-order valence-electron chi connectivity index (χ4n) is 2.98. The predicted octanol–water partition coefficient (Wildman–Crippen LogP) is 4.41. The average Bonchev–Trinajstić information content (AvgIpc) is 2.81. The van der Waals surface area contributed by atoms with Crippen molar-refractivity contribution in [3.63, 3.8) is 0 Å². The van der Waals surface area contributed by atoms with Gasteiger partial charge in [-0.3, -0.25) is 4.79 Å². The quantitative estimate of drug-likeness (QED) is 0.329. The van der Waals surface area contributed by atoms with Crippen molar-refractivity contribution in [2.75, 3.05) is 13.2 Å². The molecule has 3 aromatic carbocycles. The van der Waals surface area contributed by atoms with Crippen LogP contribution in [0.1, 0.15) is 27.9 Å². The van der Waals surface area contributed by atoms with E-state index in [0.29, 0.717) is 52.8 Å². The summed E-state index contributed by atoms with van der Waals surface area (Å²) in [4.78, 5) is 23.2. The molecule has 0 heterocycles. The minimum absolute atomic E-state index is 0.0345. The predicted molar refractivity (Wildman–Crippen MR) is 121 cm³/mol. The Morgan fingerprint density at radius 2 is 1.44 bits per heavy atom. The summed E-state index contributed by atoms with van der Waals surface area (Å²) < 4.78 is 11.3. The van der Waals surface area contributed by atoms with E-state index in [1.165, 1.54) is 0 Å². The highest BCUT2D eigenvalue weighted by atomic mass is 35.5. The number of hydrogen-bond acceptors (Lipinski definition) is 5. The topological polar surface area (TPSA) is 93.1 Å². The number of carboxylic acids is 1. The maximum Gasteiger partial charge on any atom is 0.332 e. The molecule has 7 heteroatoms. The van der Waals surface area contributed by atoms with E-state index in [1.807, 2.05) is 18.2 Å². The maximum absolute atomic E-state index is 12.4. The molecular formula is C25H23ClO6. The van der Waals surface area contributed by atoms with Gasteiger partial charge in [0.25, 0.3) is 0 Å². The van der Waals surface area contributed by atoms with Crippen LogP contribution in [0.25, 0.3) is 0 Å². The second kappa shape index (κ2) is 11.3. The fraction of sp³-hybridized carbons (Fsp3) is 0.200. The Hall–Kier alpha value is -3.35. The van der Waals surface area contributed by atoms with Crippen molar-refractivity contribution in [1.29, 1.82) is 0 Å². The minimum Gasteiger partial charge on any atom is -0.493 e. The van der Waals surface area contributed by atoms with Crippen LogP contribution in [0.5, 0.6) is 11.5 Å². The molecule has 3 aromatic rings. The molecule has 166 valence electrons. The lowest BCUT2D eigenvalue weighted by atomic mass is 10.0. The lowest BCUT2D eigenvalue weighted by Gasteiger charge is -2.11. The molecule has 0 aliphatic heterocycles. The van der Waals surface area contributed by atoms with Crippen LogP contribution in [0.3, 0.4) is 0 Å². The van der Waals surface area contributed by atoms with Gasteiger partial charge in [-0.1, -0.05) is 48.0 Å². The van der Waals surface area contributed by atoms with E-state index in [-0.39, 0.29) is 12.2 Å². The molecule has 0 bridgehead atoms. The van der Waals surface area contributed by atoms with Gasteiger partial charge in [-0.2, -0.15) is 0 Å². The van der Waals surface area contributed by atoms with E-state index in [9.17, 15) is 14.7 Å². The first-order valence-electron chi connectivity index (χ1n) is 10.1. The van der Waals surface area contributed by atoms with E-state index >= 15 is 0 Å². The number of halogens is 1. The van der Waals surface area contributed by atoms with Crippen LogP contribution in [0.2, 0.25) is 5.02 Å². The van der Waals surface area contributed by atoms with Crippen LogP contribution >= 0.6 is 11.6 Å². The van der Waals surface area contributed by atoms with Gasteiger partial charge >= 0.3 is 5.97 Å². The number of aliphatic hydroxyl groups excluding tert-OH is 1. The normalized spacial score (nSPS) is 11.6. The summed E-state index contributed by atoms with van der Waals surface area (Å²) in [5.41, 5.74) is 1.78. The Labute approximate surface area is 191 Å². The lowest BCUT2D eigenvalue weighted by molar-refractivity contribution is -0.146. The summed E-state index contributed by atoms with van der Waals surface area (Å²) in [5, 5.41) is 18.6. The Kier molecular flexibility index (Phi) is 8.25. The van der Waals surface area contributed by atoms with Crippen LogP contribution < -0.4 is 9.47 Å². The number of aliphatic carboxylic acids is 1. The van der Waals surface area contributed by atoms with E-state index < -0.39 is 12.1 Å². The molecule has 0 saturated heterocycles. The average molecular weight is 455 g/mol. The number of ether oxygens (including phenoxy) is 2. The highest BCUT2D eigenvalue weighted by Gasteiger charge is 2.16. The number of carboxylic acid groups (broad SMARTS) is 1. The zero-order valence-electron chi connectivity index (χ0n) is 17.2. The molecule has 0 fully saturated rings. The second-order valence-corrected chi connectivity index (χ2v) is 7.49. The highest BCUT2D eigenvalue weighted by molar-refractivity contribution is 6.31. The Bertz CT molecular complexity index is 1050. The minimum atomic E-state index is -1.50. The number of benzene rings is 3. The molecule has 0 saturated carbocycles. The van der Waals surface area contributed by atoms with Crippen LogP contribution in [-0.2, 0) is 11.2 Å². The molecule has 0 radical (unpaired) electrons. The molecule has 1 unspecified atom stereocenters. The molecule has 0 spiro atoms. The van der Waals surface area contributed by atoms with Gasteiger partial charge in [0, 0.05) is 29.0 Å². The molecule has 0 aromatic heterocycles. The zero-order valence-corrected chi connectivity index (χ0v) is 18.0. The van der Waals surface area contributed by atoms with Gasteiger partial charge < -0.3 is 19.7 Å². The number of carbonyl (C=O) groups excluding carboxylic acids is 1. The van der Waals surface area contributed by atoms with Crippen LogP contribution in [0, 0.1) is 0 Å². The highest BCUT2D eigenvalue weighted by Crippen LogP contribution is 2.24. The number of carbonyl (C=O) groups is 2. The Morgan fingerprint density at radius 1 is 0.844 bits per heavy atom. The van der Waals surface area contributed by atoms with Crippen LogP contribution in [0.15, 0.2) is 72.8 Å². The SMILES string of the molecule is O=C(c1ccccc1)c1ccc(OCCCOc2ccc(CC(O)C(=O)O)c(Cl)c2)cc1. The van der Waals surface area contributed by atoms with Crippen molar-refractivity contribution in [2.45, 2.75) is 18.9 Å². The summed E-state index contributed by atoms with van der Waals surface area (Å²) >= 11 is 6.14. The number of aliphatic hydroxyl groups is 1. The molecular weight excluding hydrogens is 432 g/mol. The van der Waals surface area contributed by atoms with Crippen molar-refractivity contribution in [3.05, 3.63) is 94.5 Å². The summed E-state index contributed by atoms with van der Waals surface area (Å²) in [6.07, 6.45) is -0.943. The van der Waals surface area contributed by atoms with E-state index in [4.69, 9.17) is 26.2 Å². The second-order valence-electron chi connectivity index (χ2n) is 7.08. The smallest absolute Gasteiger partial charge is 0.332 e. The van der Waals surface area contributed by atoms with Gasteiger partial charge in [0.2, 0.25) is 0 Å². The standard InChI is InChI=1S/C25H23ClO6/c26-22-16-21(12-9-19(22)15-23(27)25(29)30)32-14-4-13-31-20-10-7-18(8-11-20)24(28)17-5-2-1-3-6-17/h1-3,5-12,16,23,27H,4,13-15H2,(H,29,30). The van der Waals surface area contributed by atoms with Gasteiger partial charge in [-0.05, 0) is 42.0 Å². The molecule has 32 heavy (non-hydrogen) atoms. The van der Waals surface area contributed by atoms with Gasteiger partial charge in [0.1, 0.15) is 11.5 Å². The third kappa shape index (κ3) is 6.57. The monoisotopic (exact) mass is 454 g/mol. The third-order valence-corrected chi connectivity index (χ3v) is 5.05. The lowest BCUT2D eigenvalue weighted by Crippen LogP contribution is -2.22. The van der Waals surface area contributed by atoms with Crippen LogP contribution in [0.4, 0.5) is 0 Å². The number of ketones is 1. The third-order valence-electron chi connectivity index (χ3n) is 4.70. The Balaban J connectivity index is 1.41. The van der Waals surface area contributed by atoms with Gasteiger partial charge in [0.05, 0.1) is 13.2 Å². The largest absolute Gasteiger partial charge is 0.493 e. The number of rotatable bonds is 11. The molecule has 0 amide bonds. The van der Waals surface area contributed by atoms with Crippen molar-refractivity contribution < 1.29 is 29.3 Å². The molecule has 0 aliphatic rings. The summed E-state index contributed by atoms with van der Waals surface area (Å²) in [7, 11) is 0. The first kappa shape index (κ1) is 23.3. The van der Waals surface area contributed by atoms with E-state index in [0.717, 1.165) is 0 Å². The number of hydrogen-bond donors (Lipinski definition) is 2. The maximum atomic E-state index is 12.4. The van der Waals surface area contributed by atoms with Crippen molar-refractivity contribution in [1.82, 2.24) is 0 Å². The summed E-state index contributed by atoms with van der Waals surface area (Å²) in [6, 6.07) is 21.0.